The molecule has 0 saturated heterocycles. The largest absolute Gasteiger partial charge is 0.348 e. The predicted octanol–water partition coefficient (Wildman–Crippen LogP) is 4.08. The first-order valence-electron chi connectivity index (χ1n) is 9.83. The first kappa shape index (κ1) is 20.6. The van der Waals surface area contributed by atoms with Crippen LogP contribution in [0.15, 0.2) is 72.8 Å². The summed E-state index contributed by atoms with van der Waals surface area (Å²) >= 11 is 6.15. The number of amides is 3. The van der Waals surface area contributed by atoms with Gasteiger partial charge in [0, 0.05) is 23.4 Å². The second-order valence-electron chi connectivity index (χ2n) is 7.18. The van der Waals surface area contributed by atoms with Crippen molar-refractivity contribution >= 4 is 35.0 Å². The lowest BCUT2D eigenvalue weighted by Gasteiger charge is -2.20. The quantitative estimate of drug-likeness (QED) is 0.547. The van der Waals surface area contributed by atoms with E-state index in [4.69, 9.17) is 11.6 Å². The van der Waals surface area contributed by atoms with Crippen molar-refractivity contribution in [2.45, 2.75) is 19.0 Å². The summed E-state index contributed by atoms with van der Waals surface area (Å²) < 4.78 is 0. The van der Waals surface area contributed by atoms with Crippen LogP contribution in [-0.4, -0.2) is 17.7 Å². The number of hydrogen-bond donors (Lipinski definition) is 3. The number of benzene rings is 3. The van der Waals surface area contributed by atoms with Crippen molar-refractivity contribution in [2.24, 2.45) is 0 Å². The van der Waals surface area contributed by atoms with Gasteiger partial charge in [-0.1, -0.05) is 60.1 Å². The number of anilines is 1. The van der Waals surface area contributed by atoms with Crippen molar-refractivity contribution in [2.75, 3.05) is 5.32 Å². The van der Waals surface area contributed by atoms with Gasteiger partial charge in [0.05, 0.1) is 23.0 Å². The zero-order valence-corrected chi connectivity index (χ0v) is 17.3. The molecule has 0 aliphatic carbocycles. The van der Waals surface area contributed by atoms with Gasteiger partial charge < -0.3 is 16.0 Å². The van der Waals surface area contributed by atoms with Crippen molar-refractivity contribution < 1.29 is 14.4 Å². The van der Waals surface area contributed by atoms with Crippen LogP contribution in [0.4, 0.5) is 5.69 Å². The summed E-state index contributed by atoms with van der Waals surface area (Å²) in [5.74, 6) is -0.788. The maximum atomic E-state index is 12.9. The zero-order chi connectivity index (χ0) is 21.8. The van der Waals surface area contributed by atoms with Gasteiger partial charge >= 0.3 is 0 Å². The SMILES string of the molecule is O=C(CC(NC(=O)c1ccccc1Cl)c1ccccc1)Nc1cccc2c1CNC2=O. The standard InChI is InChI=1S/C24H20ClN3O3/c25-19-11-5-4-9-17(19)24(31)28-21(15-7-2-1-3-8-15)13-22(29)27-20-12-6-10-16-18(20)14-26-23(16)30/h1-12,21H,13-14H2,(H,26,30)(H,27,29)(H,28,31). The van der Waals surface area contributed by atoms with Gasteiger partial charge in [0.15, 0.2) is 0 Å². The Hall–Kier alpha value is -3.64. The van der Waals surface area contributed by atoms with Crippen LogP contribution in [0, 0.1) is 0 Å². The van der Waals surface area contributed by atoms with E-state index in [1.165, 1.54) is 0 Å². The molecule has 156 valence electrons. The molecule has 1 heterocycles. The first-order valence-corrected chi connectivity index (χ1v) is 10.2. The minimum Gasteiger partial charge on any atom is -0.348 e. The number of hydrogen-bond acceptors (Lipinski definition) is 3. The molecule has 0 spiro atoms. The van der Waals surface area contributed by atoms with E-state index in [1.807, 2.05) is 30.3 Å². The third-order valence-corrected chi connectivity index (χ3v) is 5.47. The Morgan fingerprint density at radius 1 is 0.968 bits per heavy atom. The van der Waals surface area contributed by atoms with Crippen LogP contribution >= 0.6 is 11.6 Å². The summed E-state index contributed by atoms with van der Waals surface area (Å²) in [6.45, 7) is 0.371. The third kappa shape index (κ3) is 4.59. The molecule has 0 fully saturated rings. The Labute approximate surface area is 184 Å². The second-order valence-corrected chi connectivity index (χ2v) is 7.59. The molecule has 1 aliphatic heterocycles. The molecule has 3 N–H and O–H groups in total. The molecule has 6 nitrogen and oxygen atoms in total. The van der Waals surface area contributed by atoms with E-state index < -0.39 is 6.04 Å². The van der Waals surface area contributed by atoms with Gasteiger partial charge in [0.1, 0.15) is 0 Å². The lowest BCUT2D eigenvalue weighted by atomic mass is 10.0. The van der Waals surface area contributed by atoms with Crippen molar-refractivity contribution in [3.8, 4) is 0 Å². The smallest absolute Gasteiger partial charge is 0.253 e. The fourth-order valence-corrected chi connectivity index (χ4v) is 3.80. The summed E-state index contributed by atoms with van der Waals surface area (Å²) in [5.41, 5.74) is 3.05. The van der Waals surface area contributed by atoms with E-state index in [0.717, 1.165) is 11.1 Å². The summed E-state index contributed by atoms with van der Waals surface area (Å²) in [6, 6.07) is 20.7. The van der Waals surface area contributed by atoms with Crippen LogP contribution in [0.5, 0.6) is 0 Å². The highest BCUT2D eigenvalue weighted by Crippen LogP contribution is 2.26. The number of carbonyl (C=O) groups excluding carboxylic acids is 3. The molecule has 3 aromatic carbocycles. The monoisotopic (exact) mass is 433 g/mol. The van der Waals surface area contributed by atoms with Crippen LogP contribution in [0.3, 0.4) is 0 Å². The summed E-state index contributed by atoms with van der Waals surface area (Å²) in [4.78, 5) is 37.5. The van der Waals surface area contributed by atoms with Crippen LogP contribution in [-0.2, 0) is 11.3 Å². The van der Waals surface area contributed by atoms with Crippen molar-refractivity contribution in [3.05, 3.63) is 100 Å². The number of carbonyl (C=O) groups is 3. The predicted molar refractivity (Wildman–Crippen MR) is 119 cm³/mol. The van der Waals surface area contributed by atoms with E-state index in [1.54, 1.807) is 42.5 Å². The Morgan fingerprint density at radius 3 is 2.48 bits per heavy atom. The van der Waals surface area contributed by atoms with Crippen molar-refractivity contribution in [1.82, 2.24) is 10.6 Å². The van der Waals surface area contributed by atoms with E-state index in [0.29, 0.717) is 28.4 Å². The molecule has 0 radical (unpaired) electrons. The summed E-state index contributed by atoms with van der Waals surface area (Å²) in [7, 11) is 0. The Kier molecular flexibility index (Phi) is 6.00. The van der Waals surface area contributed by atoms with E-state index in [9.17, 15) is 14.4 Å². The minimum absolute atomic E-state index is 0.0191. The Balaban J connectivity index is 1.53. The Bertz CT molecular complexity index is 1150. The van der Waals surface area contributed by atoms with Gasteiger partial charge in [0.25, 0.3) is 11.8 Å². The number of halogens is 1. The summed E-state index contributed by atoms with van der Waals surface area (Å²) in [6.07, 6.45) is 0.0191. The zero-order valence-electron chi connectivity index (χ0n) is 16.5. The maximum absolute atomic E-state index is 12.9. The molecule has 0 bridgehead atoms. The van der Waals surface area contributed by atoms with Gasteiger partial charge in [-0.2, -0.15) is 0 Å². The molecule has 0 saturated carbocycles. The van der Waals surface area contributed by atoms with Crippen LogP contribution < -0.4 is 16.0 Å². The average Bonchev–Trinajstić information content (AvgIpc) is 3.16. The number of fused-ring (bicyclic) bond motifs is 1. The van der Waals surface area contributed by atoms with Crippen LogP contribution in [0.25, 0.3) is 0 Å². The van der Waals surface area contributed by atoms with E-state index in [-0.39, 0.29) is 24.1 Å². The molecular weight excluding hydrogens is 414 g/mol. The van der Waals surface area contributed by atoms with Crippen LogP contribution in [0.1, 0.15) is 44.3 Å². The molecule has 7 heteroatoms. The third-order valence-electron chi connectivity index (χ3n) is 5.14. The highest BCUT2D eigenvalue weighted by molar-refractivity contribution is 6.33. The van der Waals surface area contributed by atoms with E-state index in [2.05, 4.69) is 16.0 Å². The molecule has 0 aromatic heterocycles. The lowest BCUT2D eigenvalue weighted by Crippen LogP contribution is -2.31. The summed E-state index contributed by atoms with van der Waals surface area (Å²) in [5, 5.41) is 8.89. The Morgan fingerprint density at radius 2 is 1.71 bits per heavy atom. The number of rotatable bonds is 6. The molecule has 3 aromatic rings. The van der Waals surface area contributed by atoms with Crippen LogP contribution in [0.2, 0.25) is 5.02 Å². The highest BCUT2D eigenvalue weighted by atomic mass is 35.5. The number of nitrogens with one attached hydrogen (secondary N) is 3. The second kappa shape index (κ2) is 9.02. The topological polar surface area (TPSA) is 87.3 Å². The van der Waals surface area contributed by atoms with Crippen molar-refractivity contribution in [1.29, 1.82) is 0 Å². The highest BCUT2D eigenvalue weighted by Gasteiger charge is 2.24. The molecule has 1 aliphatic rings. The van der Waals surface area contributed by atoms with E-state index >= 15 is 0 Å². The molecule has 31 heavy (non-hydrogen) atoms. The molecular formula is C24H20ClN3O3. The molecule has 1 unspecified atom stereocenters. The van der Waals surface area contributed by atoms with Gasteiger partial charge in [-0.25, -0.2) is 0 Å². The fraction of sp³-hybridized carbons (Fsp3) is 0.125. The normalized spacial score (nSPS) is 13.1. The minimum atomic E-state index is -0.554. The van der Waals surface area contributed by atoms with Gasteiger partial charge in [-0.05, 0) is 29.8 Å². The maximum Gasteiger partial charge on any atom is 0.253 e. The first-order chi connectivity index (χ1) is 15.0. The average molecular weight is 434 g/mol. The van der Waals surface area contributed by atoms with Gasteiger partial charge in [-0.3, -0.25) is 14.4 Å². The molecule has 4 rings (SSSR count). The fourth-order valence-electron chi connectivity index (χ4n) is 3.58. The molecule has 3 amide bonds. The molecule has 1 atom stereocenters. The lowest BCUT2D eigenvalue weighted by molar-refractivity contribution is -0.116. The van der Waals surface area contributed by atoms with Gasteiger partial charge in [-0.15, -0.1) is 0 Å². The van der Waals surface area contributed by atoms with Crippen molar-refractivity contribution in [3.63, 3.8) is 0 Å². The van der Waals surface area contributed by atoms with Gasteiger partial charge in [0.2, 0.25) is 5.91 Å².